The van der Waals surface area contributed by atoms with Crippen molar-refractivity contribution in [3.05, 3.63) is 66.1 Å². The molecule has 1 saturated heterocycles. The van der Waals surface area contributed by atoms with Gasteiger partial charge in [-0.15, -0.1) is 0 Å². The van der Waals surface area contributed by atoms with Gasteiger partial charge in [-0.3, -0.25) is 9.80 Å². The molecule has 0 atom stereocenters. The zero-order valence-corrected chi connectivity index (χ0v) is 19.1. The summed E-state index contributed by atoms with van der Waals surface area (Å²) < 4.78 is 0. The summed E-state index contributed by atoms with van der Waals surface area (Å²) in [6, 6.07) is 13.7. The van der Waals surface area contributed by atoms with E-state index in [1.165, 1.54) is 5.01 Å². The highest BCUT2D eigenvalue weighted by molar-refractivity contribution is 5.77. The lowest BCUT2D eigenvalue weighted by Crippen LogP contribution is -2.47. The molecular formula is C24H27N9O. The van der Waals surface area contributed by atoms with Crippen molar-refractivity contribution in [2.24, 2.45) is 5.73 Å². The molecule has 4 rings (SSSR count). The zero-order valence-electron chi connectivity index (χ0n) is 19.1. The molecule has 174 valence electrons. The number of hydrazine groups is 1. The van der Waals surface area contributed by atoms with Crippen LogP contribution in [0.15, 0.2) is 55.0 Å². The van der Waals surface area contributed by atoms with Crippen molar-refractivity contribution in [3.8, 4) is 17.2 Å². The van der Waals surface area contributed by atoms with E-state index in [2.05, 4.69) is 36.2 Å². The van der Waals surface area contributed by atoms with E-state index in [9.17, 15) is 4.79 Å². The Bertz CT molecular complexity index is 1150. The predicted octanol–water partition coefficient (Wildman–Crippen LogP) is 1.16. The molecule has 1 aliphatic rings. The second kappa shape index (κ2) is 10.7. The van der Waals surface area contributed by atoms with Crippen molar-refractivity contribution in [1.29, 1.82) is 5.26 Å². The van der Waals surface area contributed by atoms with E-state index in [0.717, 1.165) is 48.7 Å². The molecule has 0 saturated carbocycles. The third-order valence-corrected chi connectivity index (χ3v) is 5.75. The van der Waals surface area contributed by atoms with Gasteiger partial charge in [-0.25, -0.2) is 20.4 Å². The fourth-order valence-corrected chi connectivity index (χ4v) is 3.84. The summed E-state index contributed by atoms with van der Waals surface area (Å²) in [5, 5.41) is 10.4. The fraction of sp³-hybridized carbons (Fsp3) is 0.292. The summed E-state index contributed by atoms with van der Waals surface area (Å²) in [6.45, 7) is 3.54. The van der Waals surface area contributed by atoms with E-state index in [0.29, 0.717) is 18.1 Å². The quantitative estimate of drug-likeness (QED) is 0.502. The van der Waals surface area contributed by atoms with E-state index in [1.54, 1.807) is 19.3 Å². The smallest absolute Gasteiger partial charge is 0.250 e. The van der Waals surface area contributed by atoms with Crippen LogP contribution >= 0.6 is 0 Å². The van der Waals surface area contributed by atoms with Gasteiger partial charge >= 0.3 is 0 Å². The van der Waals surface area contributed by atoms with Crippen molar-refractivity contribution in [3.63, 3.8) is 0 Å². The first kappa shape index (κ1) is 23.1. The zero-order chi connectivity index (χ0) is 23.9. The second-order valence-corrected chi connectivity index (χ2v) is 7.87. The molecule has 0 radical (unpaired) electrons. The van der Waals surface area contributed by atoms with Crippen LogP contribution in [-0.4, -0.2) is 65.6 Å². The predicted molar refractivity (Wildman–Crippen MR) is 130 cm³/mol. The third kappa shape index (κ3) is 5.28. The number of nitriles is 1. The molecule has 3 N–H and O–H groups in total. The number of benzene rings is 1. The van der Waals surface area contributed by atoms with E-state index in [-0.39, 0.29) is 12.5 Å². The number of pyridine rings is 1. The number of carbonyl (C=O) groups excluding carboxylic acids is 1. The molecule has 34 heavy (non-hydrogen) atoms. The number of anilines is 2. The van der Waals surface area contributed by atoms with Gasteiger partial charge < -0.3 is 15.5 Å². The molecule has 1 fully saturated rings. The number of hydrogen-bond donors (Lipinski definition) is 2. The second-order valence-electron chi connectivity index (χ2n) is 7.87. The Kier molecular flexibility index (Phi) is 7.27. The van der Waals surface area contributed by atoms with Crippen molar-refractivity contribution in [2.45, 2.75) is 6.54 Å². The maximum absolute atomic E-state index is 11.9. The first-order chi connectivity index (χ1) is 16.6. The molecule has 10 heteroatoms. The van der Waals surface area contributed by atoms with Gasteiger partial charge in [0.2, 0.25) is 5.95 Å². The molecule has 1 amide bonds. The Labute approximate surface area is 198 Å². The monoisotopic (exact) mass is 457 g/mol. The minimum Gasteiger partial charge on any atom is -0.353 e. The van der Waals surface area contributed by atoms with Crippen LogP contribution in [0.2, 0.25) is 0 Å². The van der Waals surface area contributed by atoms with Crippen LogP contribution < -0.4 is 21.0 Å². The van der Waals surface area contributed by atoms with Crippen LogP contribution in [-0.2, 0) is 11.3 Å². The SMILES string of the molecule is CNN(Cc1cccc(-c2cnc(N3CCN(c4ccc(C#N)cn4)CC3)nc2)c1)C(=O)CN. The van der Waals surface area contributed by atoms with Crippen molar-refractivity contribution >= 4 is 17.7 Å². The number of amides is 1. The summed E-state index contributed by atoms with van der Waals surface area (Å²) >= 11 is 0. The van der Waals surface area contributed by atoms with Gasteiger partial charge in [-0.1, -0.05) is 18.2 Å². The number of aromatic nitrogens is 3. The molecular weight excluding hydrogens is 430 g/mol. The number of carbonyl (C=O) groups is 1. The van der Waals surface area contributed by atoms with Crippen LogP contribution in [0.4, 0.5) is 11.8 Å². The van der Waals surface area contributed by atoms with E-state index >= 15 is 0 Å². The van der Waals surface area contributed by atoms with Gasteiger partial charge in [-0.2, -0.15) is 5.26 Å². The minimum absolute atomic E-state index is 0.0475. The maximum atomic E-state index is 11.9. The summed E-state index contributed by atoms with van der Waals surface area (Å²) in [7, 11) is 1.70. The first-order valence-electron chi connectivity index (χ1n) is 11.1. The largest absolute Gasteiger partial charge is 0.353 e. The van der Waals surface area contributed by atoms with Crippen LogP contribution in [0, 0.1) is 11.3 Å². The lowest BCUT2D eigenvalue weighted by atomic mass is 10.1. The highest BCUT2D eigenvalue weighted by Gasteiger charge is 2.20. The molecule has 10 nitrogen and oxygen atoms in total. The van der Waals surface area contributed by atoms with Crippen LogP contribution in [0.3, 0.4) is 0 Å². The van der Waals surface area contributed by atoms with Gasteiger partial charge in [0, 0.05) is 57.4 Å². The van der Waals surface area contributed by atoms with Crippen LogP contribution in [0.1, 0.15) is 11.1 Å². The van der Waals surface area contributed by atoms with E-state index < -0.39 is 0 Å². The van der Waals surface area contributed by atoms with Gasteiger partial charge in [0.15, 0.2) is 0 Å². The molecule has 1 aliphatic heterocycles. The van der Waals surface area contributed by atoms with Crippen molar-refractivity contribution < 1.29 is 4.79 Å². The minimum atomic E-state index is -0.171. The van der Waals surface area contributed by atoms with Gasteiger partial charge in [0.1, 0.15) is 11.9 Å². The normalized spacial score (nSPS) is 13.4. The number of piperazine rings is 1. The number of nitrogens with one attached hydrogen (secondary N) is 1. The molecule has 2 aromatic heterocycles. The summed E-state index contributed by atoms with van der Waals surface area (Å²) in [6.07, 6.45) is 5.26. The summed E-state index contributed by atoms with van der Waals surface area (Å²) in [5.74, 6) is 1.40. The molecule has 1 aromatic carbocycles. The molecule has 0 unspecified atom stereocenters. The fourth-order valence-electron chi connectivity index (χ4n) is 3.84. The molecule has 3 aromatic rings. The molecule has 0 bridgehead atoms. The highest BCUT2D eigenvalue weighted by atomic mass is 16.2. The Morgan fingerprint density at radius 3 is 2.41 bits per heavy atom. The topological polar surface area (TPSA) is 127 Å². The lowest BCUT2D eigenvalue weighted by Gasteiger charge is -2.35. The number of rotatable bonds is 7. The van der Waals surface area contributed by atoms with Crippen LogP contribution in [0.25, 0.3) is 11.1 Å². The number of hydrogen-bond acceptors (Lipinski definition) is 9. The standard InChI is InChI=1S/C24H27N9O/c1-27-33(23(34)13-26)17-18-3-2-4-20(11-18)21-15-29-24(30-16-21)32-9-7-31(8-10-32)22-6-5-19(12-25)14-28-22/h2-6,11,14-16,27H,7-10,13,17,26H2,1H3. The highest BCUT2D eigenvalue weighted by Crippen LogP contribution is 2.22. The Hall–Kier alpha value is -4.07. The van der Waals surface area contributed by atoms with Gasteiger partial charge in [0.05, 0.1) is 18.7 Å². The van der Waals surface area contributed by atoms with E-state index in [1.807, 2.05) is 42.7 Å². The third-order valence-electron chi connectivity index (χ3n) is 5.75. The molecule has 0 spiro atoms. The number of nitrogens with zero attached hydrogens (tertiary/aromatic N) is 7. The van der Waals surface area contributed by atoms with E-state index in [4.69, 9.17) is 11.0 Å². The Morgan fingerprint density at radius 2 is 1.79 bits per heavy atom. The maximum Gasteiger partial charge on any atom is 0.250 e. The number of nitrogens with two attached hydrogens (primary N) is 1. The van der Waals surface area contributed by atoms with Crippen molar-refractivity contribution in [1.82, 2.24) is 25.4 Å². The summed E-state index contributed by atoms with van der Waals surface area (Å²) in [5.41, 5.74) is 11.8. The summed E-state index contributed by atoms with van der Waals surface area (Å²) in [4.78, 5) is 29.8. The molecule has 0 aliphatic carbocycles. The lowest BCUT2D eigenvalue weighted by molar-refractivity contribution is -0.133. The van der Waals surface area contributed by atoms with Gasteiger partial charge in [0.25, 0.3) is 5.91 Å². The Morgan fingerprint density at radius 1 is 1.06 bits per heavy atom. The average molecular weight is 458 g/mol. The van der Waals surface area contributed by atoms with Crippen molar-refractivity contribution in [2.75, 3.05) is 49.6 Å². The van der Waals surface area contributed by atoms with Gasteiger partial charge in [-0.05, 0) is 29.3 Å². The average Bonchev–Trinajstić information content (AvgIpc) is 2.91. The first-order valence-corrected chi connectivity index (χ1v) is 11.1. The molecule has 3 heterocycles. The van der Waals surface area contributed by atoms with Crippen LogP contribution in [0.5, 0.6) is 0 Å². The Balaban J connectivity index is 1.39.